The Bertz CT molecular complexity index is 871. The van der Waals surface area contributed by atoms with Crippen LogP contribution < -0.4 is 16.4 Å². The fourth-order valence-electron chi connectivity index (χ4n) is 2.04. The van der Waals surface area contributed by atoms with E-state index < -0.39 is 18.5 Å². The Balaban J connectivity index is 1.97. The Hall–Kier alpha value is -2.77. The van der Waals surface area contributed by atoms with Gasteiger partial charge in [-0.2, -0.15) is 0 Å². The number of nitrogens with one attached hydrogen (secondary N) is 2. The summed E-state index contributed by atoms with van der Waals surface area (Å²) in [6.45, 7) is 0.839. The molecule has 4 N–H and O–H groups in total. The van der Waals surface area contributed by atoms with Crippen LogP contribution in [0.25, 0.3) is 0 Å². The van der Waals surface area contributed by atoms with Crippen molar-refractivity contribution in [3.8, 4) is 0 Å². The van der Waals surface area contributed by atoms with Crippen LogP contribution in [0.4, 0.5) is 17.1 Å². The molecule has 0 aromatic heterocycles. The quantitative estimate of drug-likeness (QED) is 0.531. The van der Waals surface area contributed by atoms with Crippen molar-refractivity contribution in [1.82, 2.24) is 0 Å². The minimum Gasteiger partial charge on any atom is -0.452 e. The van der Waals surface area contributed by atoms with Crippen LogP contribution in [-0.4, -0.2) is 24.4 Å². The maximum Gasteiger partial charge on any atom is 0.340 e. The van der Waals surface area contributed by atoms with E-state index in [2.05, 4.69) is 10.6 Å². The standard InChI is InChI=1S/C17H15Cl2N3O4/c1-9(23)21-11-3-2-4-12(7-11)22-15(24)8-26-17(25)13-5-10(18)6-14(19)16(13)20/h2-7H,8,20H2,1H3,(H,21,23)(H,22,24). The number of halogens is 2. The number of hydrogen-bond acceptors (Lipinski definition) is 5. The smallest absolute Gasteiger partial charge is 0.340 e. The van der Waals surface area contributed by atoms with E-state index >= 15 is 0 Å². The van der Waals surface area contributed by atoms with Gasteiger partial charge in [0.1, 0.15) is 0 Å². The summed E-state index contributed by atoms with van der Waals surface area (Å²) in [5.41, 5.74) is 6.66. The third-order valence-corrected chi connectivity index (χ3v) is 3.65. The SMILES string of the molecule is CC(=O)Nc1cccc(NC(=O)COC(=O)c2cc(Cl)cc(Cl)c2N)c1. The molecule has 0 aliphatic carbocycles. The molecule has 0 radical (unpaired) electrons. The van der Waals surface area contributed by atoms with Crippen LogP contribution in [0.15, 0.2) is 36.4 Å². The Morgan fingerprint density at radius 3 is 2.38 bits per heavy atom. The van der Waals surface area contributed by atoms with Gasteiger partial charge in [0.15, 0.2) is 6.61 Å². The molecule has 2 amide bonds. The van der Waals surface area contributed by atoms with Crippen molar-refractivity contribution in [3.05, 3.63) is 52.0 Å². The van der Waals surface area contributed by atoms with Crippen molar-refractivity contribution in [2.45, 2.75) is 6.92 Å². The summed E-state index contributed by atoms with van der Waals surface area (Å²) in [6.07, 6.45) is 0. The summed E-state index contributed by atoms with van der Waals surface area (Å²) in [7, 11) is 0. The number of benzene rings is 2. The van der Waals surface area contributed by atoms with E-state index in [9.17, 15) is 14.4 Å². The molecule has 2 aromatic carbocycles. The van der Waals surface area contributed by atoms with Gasteiger partial charge in [0, 0.05) is 23.3 Å². The fourth-order valence-corrected chi connectivity index (χ4v) is 2.53. The van der Waals surface area contributed by atoms with Crippen LogP contribution in [-0.2, 0) is 14.3 Å². The van der Waals surface area contributed by atoms with E-state index in [4.69, 9.17) is 33.7 Å². The first kappa shape index (κ1) is 19.6. The lowest BCUT2D eigenvalue weighted by molar-refractivity contribution is -0.119. The molecule has 0 bridgehead atoms. The topological polar surface area (TPSA) is 111 Å². The second kappa shape index (κ2) is 8.55. The average molecular weight is 396 g/mol. The lowest BCUT2D eigenvalue weighted by Crippen LogP contribution is -2.21. The number of ether oxygens (including phenoxy) is 1. The molecule has 0 unspecified atom stereocenters. The highest BCUT2D eigenvalue weighted by atomic mass is 35.5. The van der Waals surface area contributed by atoms with E-state index in [0.717, 1.165) is 0 Å². The summed E-state index contributed by atoms with van der Waals surface area (Å²) in [4.78, 5) is 35.0. The van der Waals surface area contributed by atoms with Gasteiger partial charge in [-0.15, -0.1) is 0 Å². The number of carbonyl (C=O) groups excluding carboxylic acids is 3. The van der Waals surface area contributed by atoms with Crippen molar-refractivity contribution in [2.24, 2.45) is 0 Å². The largest absolute Gasteiger partial charge is 0.452 e. The maximum absolute atomic E-state index is 12.1. The summed E-state index contributed by atoms with van der Waals surface area (Å²) < 4.78 is 4.93. The number of carbonyl (C=O) groups is 3. The van der Waals surface area contributed by atoms with Gasteiger partial charge in [-0.1, -0.05) is 29.3 Å². The molecule has 2 aromatic rings. The molecule has 0 heterocycles. The monoisotopic (exact) mass is 395 g/mol. The number of hydrogen-bond donors (Lipinski definition) is 3. The Morgan fingerprint density at radius 2 is 1.73 bits per heavy atom. The third-order valence-electron chi connectivity index (χ3n) is 3.12. The molecule has 0 saturated heterocycles. The predicted octanol–water partition coefficient (Wildman–Crippen LogP) is 3.33. The molecule has 2 rings (SSSR count). The van der Waals surface area contributed by atoms with E-state index in [0.29, 0.717) is 11.4 Å². The van der Waals surface area contributed by atoms with E-state index in [1.165, 1.54) is 19.1 Å². The van der Waals surface area contributed by atoms with Gasteiger partial charge >= 0.3 is 5.97 Å². The second-order valence-corrected chi connectivity index (χ2v) is 6.08. The Labute approximate surface area is 159 Å². The van der Waals surface area contributed by atoms with Crippen LogP contribution in [0.2, 0.25) is 10.0 Å². The zero-order valence-electron chi connectivity index (χ0n) is 13.6. The Kier molecular flexibility index (Phi) is 6.43. The molecule has 7 nitrogen and oxygen atoms in total. The zero-order chi connectivity index (χ0) is 19.3. The highest BCUT2D eigenvalue weighted by Crippen LogP contribution is 2.28. The molecule has 9 heteroatoms. The summed E-state index contributed by atoms with van der Waals surface area (Å²) in [5, 5.41) is 5.47. The van der Waals surface area contributed by atoms with E-state index in [1.807, 2.05) is 0 Å². The molecule has 0 atom stereocenters. The molecule has 0 spiro atoms. The van der Waals surface area contributed by atoms with E-state index in [-0.39, 0.29) is 27.2 Å². The molecule has 0 saturated carbocycles. The minimum absolute atomic E-state index is 0.0180. The van der Waals surface area contributed by atoms with Gasteiger partial charge in [-0.25, -0.2) is 4.79 Å². The van der Waals surface area contributed by atoms with Gasteiger partial charge < -0.3 is 21.1 Å². The normalized spacial score (nSPS) is 10.1. The van der Waals surface area contributed by atoms with Gasteiger partial charge in [0.05, 0.1) is 16.3 Å². The van der Waals surface area contributed by atoms with E-state index in [1.54, 1.807) is 24.3 Å². The average Bonchev–Trinajstić information content (AvgIpc) is 2.55. The highest BCUT2D eigenvalue weighted by Gasteiger charge is 2.16. The van der Waals surface area contributed by atoms with Crippen molar-refractivity contribution < 1.29 is 19.1 Å². The van der Waals surface area contributed by atoms with Crippen molar-refractivity contribution in [1.29, 1.82) is 0 Å². The van der Waals surface area contributed by atoms with Gasteiger partial charge in [-0.05, 0) is 30.3 Å². The van der Waals surface area contributed by atoms with Gasteiger partial charge in [0.25, 0.3) is 5.91 Å². The number of amides is 2. The summed E-state index contributed by atoms with van der Waals surface area (Å²) in [6, 6.07) is 9.21. The molecule has 136 valence electrons. The molecular weight excluding hydrogens is 381 g/mol. The second-order valence-electron chi connectivity index (χ2n) is 5.24. The molecular formula is C17H15Cl2N3O4. The minimum atomic E-state index is -0.825. The van der Waals surface area contributed by atoms with Crippen LogP contribution in [0, 0.1) is 0 Å². The van der Waals surface area contributed by atoms with Crippen LogP contribution >= 0.6 is 23.2 Å². The fraction of sp³-hybridized carbons (Fsp3) is 0.118. The first-order chi connectivity index (χ1) is 12.3. The first-order valence-electron chi connectivity index (χ1n) is 7.35. The predicted molar refractivity (Wildman–Crippen MR) is 101 cm³/mol. The number of anilines is 3. The highest BCUT2D eigenvalue weighted by molar-refractivity contribution is 6.37. The van der Waals surface area contributed by atoms with Crippen LogP contribution in [0.5, 0.6) is 0 Å². The Morgan fingerprint density at radius 1 is 1.08 bits per heavy atom. The van der Waals surface area contributed by atoms with Gasteiger partial charge in [-0.3, -0.25) is 9.59 Å². The molecule has 26 heavy (non-hydrogen) atoms. The van der Waals surface area contributed by atoms with Crippen molar-refractivity contribution in [3.63, 3.8) is 0 Å². The number of nitrogens with two attached hydrogens (primary N) is 1. The molecule has 0 aliphatic heterocycles. The number of rotatable bonds is 5. The van der Waals surface area contributed by atoms with Gasteiger partial charge in [0.2, 0.25) is 5.91 Å². The molecule has 0 fully saturated rings. The summed E-state index contributed by atoms with van der Waals surface area (Å²) >= 11 is 11.7. The molecule has 0 aliphatic rings. The van der Waals surface area contributed by atoms with Crippen molar-refractivity contribution in [2.75, 3.05) is 23.0 Å². The van der Waals surface area contributed by atoms with Crippen LogP contribution in [0.3, 0.4) is 0 Å². The zero-order valence-corrected chi connectivity index (χ0v) is 15.1. The lowest BCUT2D eigenvalue weighted by Gasteiger charge is -2.10. The van der Waals surface area contributed by atoms with Crippen molar-refractivity contribution >= 4 is 58.0 Å². The lowest BCUT2D eigenvalue weighted by atomic mass is 10.2. The third kappa shape index (κ3) is 5.37. The number of nitrogen functional groups attached to an aromatic ring is 1. The van der Waals surface area contributed by atoms with Crippen LogP contribution in [0.1, 0.15) is 17.3 Å². The number of esters is 1. The summed E-state index contributed by atoms with van der Waals surface area (Å²) in [5.74, 6) is -1.63. The maximum atomic E-state index is 12.1. The first-order valence-corrected chi connectivity index (χ1v) is 8.11.